The van der Waals surface area contributed by atoms with Gasteiger partial charge in [-0.3, -0.25) is 9.59 Å². The standard InChI is InChI=1S/C24H24N2O7/c1-12-8-9-16(11-17(12)26-22(28)18-7-6-10-32-18)23(29)33-15(4)21(27)20-13(2)19(14(3)25-20)24(30)31-5/h6-11,15,25H,1-5H3,(H,26,28). The molecule has 33 heavy (non-hydrogen) atoms. The maximum Gasteiger partial charge on any atom is 0.339 e. The number of ether oxygens (including phenoxy) is 2. The normalized spacial score (nSPS) is 11.5. The number of furan rings is 1. The number of amides is 1. The number of rotatable bonds is 7. The van der Waals surface area contributed by atoms with Gasteiger partial charge in [0.15, 0.2) is 11.9 Å². The zero-order valence-corrected chi connectivity index (χ0v) is 18.9. The predicted molar refractivity (Wildman–Crippen MR) is 119 cm³/mol. The molecule has 0 fully saturated rings. The lowest BCUT2D eigenvalue weighted by molar-refractivity contribution is 0.0316. The van der Waals surface area contributed by atoms with Gasteiger partial charge >= 0.3 is 11.9 Å². The van der Waals surface area contributed by atoms with E-state index in [9.17, 15) is 19.2 Å². The van der Waals surface area contributed by atoms with Gasteiger partial charge in [0.1, 0.15) is 0 Å². The molecule has 0 aliphatic carbocycles. The van der Waals surface area contributed by atoms with Crippen LogP contribution in [0, 0.1) is 20.8 Å². The first-order chi connectivity index (χ1) is 15.6. The molecule has 3 rings (SSSR count). The Balaban J connectivity index is 1.75. The minimum atomic E-state index is -1.12. The molecule has 2 aromatic heterocycles. The molecule has 1 aromatic carbocycles. The van der Waals surface area contributed by atoms with Gasteiger partial charge < -0.3 is 24.2 Å². The summed E-state index contributed by atoms with van der Waals surface area (Å²) in [6.45, 7) is 6.48. The molecule has 0 spiro atoms. The number of methoxy groups -OCH3 is 1. The molecule has 9 heteroatoms. The Morgan fingerprint density at radius 3 is 2.42 bits per heavy atom. The lowest BCUT2D eigenvalue weighted by Gasteiger charge is -2.14. The summed E-state index contributed by atoms with van der Waals surface area (Å²) in [6.07, 6.45) is 0.261. The summed E-state index contributed by atoms with van der Waals surface area (Å²) in [5.74, 6) is -2.12. The zero-order valence-electron chi connectivity index (χ0n) is 18.9. The monoisotopic (exact) mass is 452 g/mol. The minimum Gasteiger partial charge on any atom is -0.465 e. The number of benzene rings is 1. The number of nitrogens with one attached hydrogen (secondary N) is 2. The van der Waals surface area contributed by atoms with Crippen LogP contribution in [-0.4, -0.2) is 41.8 Å². The highest BCUT2D eigenvalue weighted by Crippen LogP contribution is 2.22. The van der Waals surface area contributed by atoms with E-state index in [1.54, 1.807) is 32.9 Å². The quantitative estimate of drug-likeness (QED) is 0.410. The van der Waals surface area contributed by atoms with Gasteiger partial charge in [-0.15, -0.1) is 0 Å². The van der Waals surface area contributed by atoms with E-state index in [0.29, 0.717) is 16.9 Å². The molecule has 0 saturated heterocycles. The van der Waals surface area contributed by atoms with E-state index in [-0.39, 0.29) is 22.6 Å². The van der Waals surface area contributed by atoms with Gasteiger partial charge in [-0.05, 0) is 63.1 Å². The van der Waals surface area contributed by atoms with Crippen molar-refractivity contribution in [1.29, 1.82) is 0 Å². The van der Waals surface area contributed by atoms with Gasteiger partial charge in [-0.25, -0.2) is 9.59 Å². The highest BCUT2D eigenvalue weighted by atomic mass is 16.5. The molecule has 0 bridgehead atoms. The molecular weight excluding hydrogens is 428 g/mol. The third kappa shape index (κ3) is 4.87. The fourth-order valence-corrected chi connectivity index (χ4v) is 3.37. The van der Waals surface area contributed by atoms with Gasteiger partial charge in [0, 0.05) is 11.4 Å². The van der Waals surface area contributed by atoms with Crippen molar-refractivity contribution in [2.45, 2.75) is 33.8 Å². The Morgan fingerprint density at radius 1 is 1.06 bits per heavy atom. The van der Waals surface area contributed by atoms with Crippen molar-refractivity contribution in [3.05, 3.63) is 76.0 Å². The number of carbonyl (C=O) groups excluding carboxylic acids is 4. The third-order valence-corrected chi connectivity index (χ3v) is 5.19. The number of hydrogen-bond donors (Lipinski definition) is 2. The fraction of sp³-hybridized carbons (Fsp3) is 0.250. The fourth-order valence-electron chi connectivity index (χ4n) is 3.37. The van der Waals surface area contributed by atoms with Crippen LogP contribution < -0.4 is 5.32 Å². The Bertz CT molecular complexity index is 1220. The maximum absolute atomic E-state index is 12.9. The second-order valence-corrected chi connectivity index (χ2v) is 7.49. The van der Waals surface area contributed by atoms with Crippen molar-refractivity contribution in [2.75, 3.05) is 12.4 Å². The third-order valence-electron chi connectivity index (χ3n) is 5.19. The zero-order chi connectivity index (χ0) is 24.3. The lowest BCUT2D eigenvalue weighted by atomic mass is 10.1. The first-order valence-corrected chi connectivity index (χ1v) is 10.1. The molecule has 2 N–H and O–H groups in total. The SMILES string of the molecule is COC(=O)c1c(C)[nH]c(C(=O)C(C)OC(=O)c2ccc(C)c(NC(=O)c3ccco3)c2)c1C. The highest BCUT2D eigenvalue weighted by molar-refractivity contribution is 6.05. The summed E-state index contributed by atoms with van der Waals surface area (Å²) in [6, 6.07) is 7.77. The van der Waals surface area contributed by atoms with Gasteiger partial charge in [0.05, 0.1) is 30.2 Å². The first-order valence-electron chi connectivity index (χ1n) is 10.1. The molecule has 3 aromatic rings. The molecule has 1 atom stereocenters. The summed E-state index contributed by atoms with van der Waals surface area (Å²) < 4.78 is 15.2. The number of hydrogen-bond acceptors (Lipinski definition) is 7. The molecule has 0 aliphatic heterocycles. The van der Waals surface area contributed by atoms with Crippen LogP contribution in [0.1, 0.15) is 65.5 Å². The minimum absolute atomic E-state index is 0.129. The number of Topliss-reactive ketones (excluding diaryl/α,β-unsaturated/α-hetero) is 1. The van der Waals surface area contributed by atoms with E-state index in [0.717, 1.165) is 5.56 Å². The lowest BCUT2D eigenvalue weighted by Crippen LogP contribution is -2.25. The van der Waals surface area contributed by atoms with Crippen molar-refractivity contribution in [3.63, 3.8) is 0 Å². The van der Waals surface area contributed by atoms with Crippen LogP contribution in [0.3, 0.4) is 0 Å². The van der Waals surface area contributed by atoms with Crippen molar-refractivity contribution in [1.82, 2.24) is 4.98 Å². The number of aromatic nitrogens is 1. The number of aryl methyl sites for hydroxylation is 2. The predicted octanol–water partition coefficient (Wildman–Crippen LogP) is 4.00. The van der Waals surface area contributed by atoms with Gasteiger partial charge in [-0.1, -0.05) is 6.07 Å². The van der Waals surface area contributed by atoms with Crippen molar-refractivity contribution in [2.24, 2.45) is 0 Å². The van der Waals surface area contributed by atoms with E-state index >= 15 is 0 Å². The smallest absolute Gasteiger partial charge is 0.339 e. The Kier molecular flexibility index (Phi) is 6.81. The molecule has 2 heterocycles. The van der Waals surface area contributed by atoms with Crippen LogP contribution in [-0.2, 0) is 9.47 Å². The Labute approximate surface area is 190 Å². The number of carbonyl (C=O) groups is 4. The van der Waals surface area contributed by atoms with Crippen LogP contribution >= 0.6 is 0 Å². The molecule has 0 saturated carbocycles. The molecule has 1 amide bonds. The van der Waals surface area contributed by atoms with Crippen LogP contribution in [0.25, 0.3) is 0 Å². The van der Waals surface area contributed by atoms with Crippen LogP contribution in [0.15, 0.2) is 41.0 Å². The largest absolute Gasteiger partial charge is 0.465 e. The van der Waals surface area contributed by atoms with Crippen LogP contribution in [0.2, 0.25) is 0 Å². The number of ketones is 1. The second kappa shape index (κ2) is 9.56. The van der Waals surface area contributed by atoms with Crippen molar-refractivity contribution < 1.29 is 33.1 Å². The Morgan fingerprint density at radius 2 is 1.79 bits per heavy atom. The molecule has 0 aliphatic rings. The van der Waals surface area contributed by atoms with Gasteiger partial charge in [0.2, 0.25) is 5.78 Å². The number of H-pyrrole nitrogens is 1. The van der Waals surface area contributed by atoms with Crippen LogP contribution in [0.5, 0.6) is 0 Å². The molecule has 9 nitrogen and oxygen atoms in total. The first kappa shape index (κ1) is 23.5. The van der Waals surface area contributed by atoms with Crippen molar-refractivity contribution >= 4 is 29.3 Å². The van der Waals surface area contributed by atoms with E-state index in [1.165, 1.54) is 38.5 Å². The summed E-state index contributed by atoms with van der Waals surface area (Å²) >= 11 is 0. The number of anilines is 1. The maximum atomic E-state index is 12.9. The Hall–Kier alpha value is -4.14. The van der Waals surface area contributed by atoms with E-state index in [1.807, 2.05) is 0 Å². The highest BCUT2D eigenvalue weighted by Gasteiger charge is 2.27. The summed E-state index contributed by atoms with van der Waals surface area (Å²) in [5.41, 5.74) is 2.64. The number of aromatic amines is 1. The summed E-state index contributed by atoms with van der Waals surface area (Å²) in [4.78, 5) is 52.7. The van der Waals surface area contributed by atoms with E-state index in [2.05, 4.69) is 10.3 Å². The average Bonchev–Trinajstić information content (AvgIpc) is 3.42. The average molecular weight is 452 g/mol. The second-order valence-electron chi connectivity index (χ2n) is 7.49. The van der Waals surface area contributed by atoms with Crippen molar-refractivity contribution in [3.8, 4) is 0 Å². The van der Waals surface area contributed by atoms with Gasteiger partial charge in [0.25, 0.3) is 5.91 Å². The topological polar surface area (TPSA) is 128 Å². The molecule has 1 unspecified atom stereocenters. The van der Waals surface area contributed by atoms with E-state index < -0.39 is 29.7 Å². The summed E-state index contributed by atoms with van der Waals surface area (Å²) in [7, 11) is 1.26. The number of esters is 2. The van der Waals surface area contributed by atoms with Crippen LogP contribution in [0.4, 0.5) is 5.69 Å². The van der Waals surface area contributed by atoms with Gasteiger partial charge in [-0.2, -0.15) is 0 Å². The molecular formula is C24H24N2O7. The molecule has 172 valence electrons. The molecule has 0 radical (unpaired) electrons. The summed E-state index contributed by atoms with van der Waals surface area (Å²) in [5, 5.41) is 2.69. The van der Waals surface area contributed by atoms with E-state index in [4.69, 9.17) is 13.9 Å².